The van der Waals surface area contributed by atoms with Crippen LogP contribution in [-0.2, 0) is 6.54 Å². The van der Waals surface area contributed by atoms with Gasteiger partial charge in [0, 0.05) is 24.2 Å². The third-order valence-electron chi connectivity index (χ3n) is 3.94. The Morgan fingerprint density at radius 3 is 2.76 bits per heavy atom. The Hall–Kier alpha value is -1.52. The van der Waals surface area contributed by atoms with E-state index in [1.54, 1.807) is 18.3 Å². The second-order valence-corrected chi connectivity index (χ2v) is 6.04. The van der Waals surface area contributed by atoms with Crippen LogP contribution in [0.5, 0.6) is 0 Å². The van der Waals surface area contributed by atoms with Gasteiger partial charge in [0.15, 0.2) is 0 Å². The summed E-state index contributed by atoms with van der Waals surface area (Å²) in [5.74, 6) is 0.276. The highest BCUT2D eigenvalue weighted by molar-refractivity contribution is 5.82. The van der Waals surface area contributed by atoms with Crippen LogP contribution in [0, 0.1) is 11.7 Å². The summed E-state index contributed by atoms with van der Waals surface area (Å²) in [6, 6.07) is 7.10. The molecule has 1 heterocycles. The molecule has 0 saturated heterocycles. The molecule has 0 aliphatic heterocycles. The zero-order chi connectivity index (χ0) is 15.4. The van der Waals surface area contributed by atoms with Crippen molar-refractivity contribution in [1.82, 2.24) is 9.88 Å². The van der Waals surface area contributed by atoms with Crippen LogP contribution in [0.2, 0.25) is 0 Å². The Labute approximate surface area is 126 Å². The van der Waals surface area contributed by atoms with Gasteiger partial charge in [0.2, 0.25) is 0 Å². The molecule has 0 amide bonds. The van der Waals surface area contributed by atoms with Gasteiger partial charge >= 0.3 is 0 Å². The molecular weight excluding hydrogens is 265 g/mol. The first-order valence-corrected chi connectivity index (χ1v) is 7.45. The van der Waals surface area contributed by atoms with Crippen LogP contribution in [0.25, 0.3) is 10.9 Å². The third-order valence-corrected chi connectivity index (χ3v) is 3.94. The number of aromatic nitrogens is 1. The van der Waals surface area contributed by atoms with Gasteiger partial charge in [-0.2, -0.15) is 0 Å². The van der Waals surface area contributed by atoms with Crippen molar-refractivity contribution in [1.29, 1.82) is 0 Å². The first kappa shape index (κ1) is 15.9. The maximum atomic E-state index is 13.8. The number of hydrogen-bond donors (Lipinski definition) is 1. The number of pyridine rings is 1. The van der Waals surface area contributed by atoms with E-state index in [9.17, 15) is 4.39 Å². The molecule has 0 bridgehead atoms. The lowest BCUT2D eigenvalue weighted by Crippen LogP contribution is -2.31. The first-order valence-electron chi connectivity index (χ1n) is 7.45. The quantitative estimate of drug-likeness (QED) is 0.888. The molecule has 21 heavy (non-hydrogen) atoms. The van der Waals surface area contributed by atoms with E-state index in [-0.39, 0.29) is 11.9 Å². The van der Waals surface area contributed by atoms with E-state index in [1.807, 2.05) is 6.07 Å². The number of rotatable bonds is 6. The predicted molar refractivity (Wildman–Crippen MR) is 85.5 cm³/mol. The molecule has 0 radical (unpaired) electrons. The molecule has 0 fully saturated rings. The lowest BCUT2D eigenvalue weighted by molar-refractivity contribution is 0.297. The highest BCUT2D eigenvalue weighted by Crippen LogP contribution is 2.20. The largest absolute Gasteiger partial charge is 0.327 e. The smallest absolute Gasteiger partial charge is 0.132 e. The van der Waals surface area contributed by atoms with Gasteiger partial charge in [-0.1, -0.05) is 19.9 Å². The van der Waals surface area contributed by atoms with E-state index >= 15 is 0 Å². The molecule has 0 spiro atoms. The van der Waals surface area contributed by atoms with Crippen LogP contribution < -0.4 is 5.73 Å². The van der Waals surface area contributed by atoms with Gasteiger partial charge < -0.3 is 10.6 Å². The number of nitrogens with two attached hydrogens (primary N) is 1. The molecule has 1 aromatic heterocycles. The highest BCUT2D eigenvalue weighted by atomic mass is 19.1. The molecule has 114 valence electrons. The van der Waals surface area contributed by atoms with E-state index in [0.717, 1.165) is 30.6 Å². The van der Waals surface area contributed by atoms with Crippen LogP contribution in [-0.4, -0.2) is 29.5 Å². The second kappa shape index (κ2) is 6.96. The topological polar surface area (TPSA) is 42.1 Å². The van der Waals surface area contributed by atoms with Gasteiger partial charge in [-0.3, -0.25) is 4.98 Å². The summed E-state index contributed by atoms with van der Waals surface area (Å²) in [6.07, 6.45) is 2.67. The highest BCUT2D eigenvalue weighted by Gasteiger charge is 2.11. The van der Waals surface area contributed by atoms with E-state index in [4.69, 9.17) is 5.73 Å². The standard InChI is InChI=1S/C17H24FN3/c1-12(2)16(19)8-10-21(3)11-13-6-7-15(18)14-5-4-9-20-17(13)14/h4-7,9,12,16H,8,10-11,19H2,1-3H3. The minimum absolute atomic E-state index is 0.216. The number of fused-ring (bicyclic) bond motifs is 1. The zero-order valence-corrected chi connectivity index (χ0v) is 13.0. The Kier molecular flexibility index (Phi) is 5.26. The van der Waals surface area contributed by atoms with Crippen LogP contribution in [0.4, 0.5) is 4.39 Å². The SMILES string of the molecule is CC(C)C(N)CCN(C)Cc1ccc(F)c2cccnc12. The molecule has 1 atom stereocenters. The summed E-state index contributed by atoms with van der Waals surface area (Å²) in [6.45, 7) is 5.95. The van der Waals surface area contributed by atoms with Crippen molar-refractivity contribution >= 4 is 10.9 Å². The zero-order valence-electron chi connectivity index (χ0n) is 13.0. The summed E-state index contributed by atoms with van der Waals surface area (Å²) < 4.78 is 13.8. The molecule has 4 heteroatoms. The van der Waals surface area contributed by atoms with Crippen molar-refractivity contribution in [3.8, 4) is 0 Å². The molecule has 3 nitrogen and oxygen atoms in total. The molecule has 2 aromatic rings. The van der Waals surface area contributed by atoms with Gasteiger partial charge in [-0.15, -0.1) is 0 Å². The van der Waals surface area contributed by atoms with E-state index in [2.05, 4.69) is 30.8 Å². The van der Waals surface area contributed by atoms with Crippen molar-refractivity contribution < 1.29 is 4.39 Å². The van der Waals surface area contributed by atoms with E-state index in [0.29, 0.717) is 11.3 Å². The van der Waals surface area contributed by atoms with Gasteiger partial charge in [0.25, 0.3) is 0 Å². The lowest BCUT2D eigenvalue weighted by Gasteiger charge is -2.21. The van der Waals surface area contributed by atoms with Crippen LogP contribution in [0.15, 0.2) is 30.5 Å². The minimum Gasteiger partial charge on any atom is -0.327 e. The number of halogens is 1. The summed E-state index contributed by atoms with van der Waals surface area (Å²) in [5, 5.41) is 0.585. The first-order chi connectivity index (χ1) is 9.99. The molecule has 0 aliphatic carbocycles. The summed E-state index contributed by atoms with van der Waals surface area (Å²) in [5.41, 5.74) is 7.88. The summed E-state index contributed by atoms with van der Waals surface area (Å²) in [4.78, 5) is 6.54. The van der Waals surface area contributed by atoms with Crippen molar-refractivity contribution in [2.75, 3.05) is 13.6 Å². The molecule has 0 saturated carbocycles. The fraction of sp³-hybridized carbons (Fsp3) is 0.471. The Bertz CT molecular complexity index is 598. The fourth-order valence-corrected chi connectivity index (χ4v) is 2.40. The van der Waals surface area contributed by atoms with E-state index in [1.165, 1.54) is 6.07 Å². The fourth-order valence-electron chi connectivity index (χ4n) is 2.40. The average Bonchev–Trinajstić information content (AvgIpc) is 2.48. The number of hydrogen-bond acceptors (Lipinski definition) is 3. The Morgan fingerprint density at radius 2 is 2.05 bits per heavy atom. The summed E-state index contributed by atoms with van der Waals surface area (Å²) in [7, 11) is 2.06. The molecule has 2 N–H and O–H groups in total. The monoisotopic (exact) mass is 289 g/mol. The number of benzene rings is 1. The predicted octanol–water partition coefficient (Wildman–Crippen LogP) is 3.18. The van der Waals surface area contributed by atoms with Crippen molar-refractivity contribution in [2.24, 2.45) is 11.7 Å². The van der Waals surface area contributed by atoms with Crippen LogP contribution in [0.3, 0.4) is 0 Å². The maximum absolute atomic E-state index is 13.8. The van der Waals surface area contributed by atoms with Gasteiger partial charge in [-0.05, 0) is 49.7 Å². The van der Waals surface area contributed by atoms with Gasteiger partial charge in [0.05, 0.1) is 5.52 Å². The van der Waals surface area contributed by atoms with E-state index < -0.39 is 0 Å². The second-order valence-electron chi connectivity index (χ2n) is 6.04. The number of nitrogens with zero attached hydrogens (tertiary/aromatic N) is 2. The minimum atomic E-state index is -0.216. The molecule has 2 rings (SSSR count). The molecular formula is C17H24FN3. The Morgan fingerprint density at radius 1 is 1.29 bits per heavy atom. The molecule has 0 aliphatic rings. The average molecular weight is 289 g/mol. The summed E-state index contributed by atoms with van der Waals surface area (Å²) >= 11 is 0. The molecule has 1 aromatic carbocycles. The lowest BCUT2D eigenvalue weighted by atomic mass is 10.0. The van der Waals surface area contributed by atoms with Crippen molar-refractivity contribution in [2.45, 2.75) is 32.9 Å². The third kappa shape index (κ3) is 3.99. The normalized spacial score (nSPS) is 13.3. The van der Waals surface area contributed by atoms with Gasteiger partial charge in [-0.25, -0.2) is 4.39 Å². The van der Waals surface area contributed by atoms with Crippen molar-refractivity contribution in [3.63, 3.8) is 0 Å². The van der Waals surface area contributed by atoms with Gasteiger partial charge in [0.1, 0.15) is 5.82 Å². The maximum Gasteiger partial charge on any atom is 0.132 e. The van der Waals surface area contributed by atoms with Crippen LogP contribution in [0.1, 0.15) is 25.8 Å². The molecule has 1 unspecified atom stereocenters. The Balaban J connectivity index is 2.08. The van der Waals surface area contributed by atoms with Crippen LogP contribution >= 0.6 is 0 Å². The van der Waals surface area contributed by atoms with Crippen molar-refractivity contribution in [3.05, 3.63) is 41.8 Å².